The molecule has 0 spiro atoms. The highest BCUT2D eigenvalue weighted by Crippen LogP contribution is 2.38. The summed E-state index contributed by atoms with van der Waals surface area (Å²) in [5.41, 5.74) is -1.10. The van der Waals surface area contributed by atoms with Gasteiger partial charge >= 0.3 is 11.2 Å². The van der Waals surface area contributed by atoms with E-state index < -0.39 is 22.1 Å². The van der Waals surface area contributed by atoms with Gasteiger partial charge in [0.2, 0.25) is 5.92 Å². The average Bonchev–Trinajstić information content (AvgIpc) is 2.54. The Kier molecular flexibility index (Phi) is 2.95. The van der Waals surface area contributed by atoms with E-state index >= 15 is 0 Å². The van der Waals surface area contributed by atoms with Crippen molar-refractivity contribution < 1.29 is 13.7 Å². The quantitative estimate of drug-likeness (QED) is 0.654. The molecule has 100 valence electrons. The number of alkyl halides is 2. The van der Waals surface area contributed by atoms with E-state index in [1.807, 2.05) is 0 Å². The molecule has 0 atom stereocenters. The fourth-order valence-electron chi connectivity index (χ4n) is 2.39. The van der Waals surface area contributed by atoms with E-state index in [-0.39, 0.29) is 37.4 Å². The summed E-state index contributed by atoms with van der Waals surface area (Å²) in [6, 6.07) is -0.300. The second kappa shape index (κ2) is 4.18. The van der Waals surface area contributed by atoms with Gasteiger partial charge in [0.15, 0.2) is 0 Å². The van der Waals surface area contributed by atoms with Crippen LogP contribution in [0.25, 0.3) is 0 Å². The van der Waals surface area contributed by atoms with Gasteiger partial charge in [-0.25, -0.2) is 8.78 Å². The first-order chi connectivity index (χ1) is 8.32. The predicted molar refractivity (Wildman–Crippen MR) is 58.9 cm³/mol. The second-order valence-corrected chi connectivity index (χ2v) is 4.59. The van der Waals surface area contributed by atoms with E-state index in [1.165, 1.54) is 11.6 Å². The molecule has 0 aliphatic heterocycles. The van der Waals surface area contributed by atoms with Gasteiger partial charge in [0.05, 0.1) is 11.0 Å². The number of rotatable bonds is 2. The van der Waals surface area contributed by atoms with Gasteiger partial charge in [0, 0.05) is 12.8 Å². The third-order valence-electron chi connectivity index (χ3n) is 3.38. The molecule has 2 rings (SSSR count). The standard InChI is InChI=1S/C10H13F2N3O3/c1-6-8(15(17)18)9(16)13-14(6)7-2-4-10(11,12)5-3-7/h7H,2-5H2,1H3,(H,13,16). The van der Waals surface area contributed by atoms with Crippen LogP contribution in [0.4, 0.5) is 14.5 Å². The zero-order chi connectivity index (χ0) is 13.5. The first-order valence-corrected chi connectivity index (χ1v) is 5.65. The van der Waals surface area contributed by atoms with E-state index in [2.05, 4.69) is 5.10 Å². The molecule has 0 saturated heterocycles. The number of hydrogen-bond acceptors (Lipinski definition) is 3. The fraction of sp³-hybridized carbons (Fsp3) is 0.700. The lowest BCUT2D eigenvalue weighted by Gasteiger charge is -2.29. The largest absolute Gasteiger partial charge is 0.355 e. The molecule has 1 fully saturated rings. The van der Waals surface area contributed by atoms with Crippen LogP contribution >= 0.6 is 0 Å². The van der Waals surface area contributed by atoms with Crippen molar-refractivity contribution in [2.45, 2.75) is 44.6 Å². The van der Waals surface area contributed by atoms with Gasteiger partial charge < -0.3 is 0 Å². The minimum atomic E-state index is -2.66. The van der Waals surface area contributed by atoms with E-state index in [9.17, 15) is 23.7 Å². The Balaban J connectivity index is 2.28. The molecule has 0 unspecified atom stereocenters. The Morgan fingerprint density at radius 1 is 1.44 bits per heavy atom. The first kappa shape index (κ1) is 12.7. The lowest BCUT2D eigenvalue weighted by molar-refractivity contribution is -0.386. The summed E-state index contributed by atoms with van der Waals surface area (Å²) >= 11 is 0. The van der Waals surface area contributed by atoms with Crippen molar-refractivity contribution in [3.63, 3.8) is 0 Å². The van der Waals surface area contributed by atoms with Crippen molar-refractivity contribution in [3.05, 3.63) is 26.2 Å². The number of H-pyrrole nitrogens is 1. The summed E-state index contributed by atoms with van der Waals surface area (Å²) in [5.74, 6) is -2.66. The lowest BCUT2D eigenvalue weighted by atomic mass is 9.92. The number of halogens is 2. The van der Waals surface area contributed by atoms with Gasteiger partial charge in [-0.3, -0.25) is 24.7 Å². The SMILES string of the molecule is Cc1c([N+](=O)[O-])c(=O)[nH]n1C1CCC(F)(F)CC1. The third kappa shape index (κ3) is 2.14. The highest BCUT2D eigenvalue weighted by atomic mass is 19.3. The maximum Gasteiger partial charge on any atom is 0.355 e. The molecule has 1 aliphatic carbocycles. The molecular formula is C10H13F2N3O3. The first-order valence-electron chi connectivity index (χ1n) is 5.65. The van der Waals surface area contributed by atoms with Crippen molar-refractivity contribution in [1.82, 2.24) is 9.78 Å². The van der Waals surface area contributed by atoms with Gasteiger partial charge in [0.25, 0.3) is 0 Å². The molecule has 1 N–H and O–H groups in total. The number of nitrogens with zero attached hydrogens (tertiary/aromatic N) is 2. The van der Waals surface area contributed by atoms with Crippen molar-refractivity contribution >= 4 is 5.69 Å². The van der Waals surface area contributed by atoms with E-state index in [0.29, 0.717) is 0 Å². The number of aromatic nitrogens is 2. The summed E-state index contributed by atoms with van der Waals surface area (Å²) in [4.78, 5) is 21.4. The maximum atomic E-state index is 13.0. The minimum Gasteiger partial charge on any atom is -0.279 e. The van der Waals surface area contributed by atoms with Crippen LogP contribution in [-0.2, 0) is 0 Å². The molecule has 0 radical (unpaired) electrons. The van der Waals surface area contributed by atoms with Gasteiger partial charge in [-0.1, -0.05) is 0 Å². The Morgan fingerprint density at radius 2 is 2.00 bits per heavy atom. The summed E-state index contributed by atoms with van der Waals surface area (Å²) < 4.78 is 27.4. The molecule has 1 aromatic heterocycles. The van der Waals surface area contributed by atoms with Gasteiger partial charge in [-0.2, -0.15) is 0 Å². The third-order valence-corrected chi connectivity index (χ3v) is 3.38. The van der Waals surface area contributed by atoms with Crippen LogP contribution in [0, 0.1) is 17.0 Å². The normalized spacial score (nSPS) is 19.9. The van der Waals surface area contributed by atoms with Gasteiger partial charge in [0.1, 0.15) is 5.69 Å². The van der Waals surface area contributed by atoms with Crippen molar-refractivity contribution in [2.75, 3.05) is 0 Å². The Bertz CT molecular complexity index is 525. The Morgan fingerprint density at radius 3 is 2.44 bits per heavy atom. The average molecular weight is 261 g/mol. The van der Waals surface area contributed by atoms with Crippen LogP contribution in [0.15, 0.2) is 4.79 Å². The van der Waals surface area contributed by atoms with Crippen molar-refractivity contribution in [1.29, 1.82) is 0 Å². The van der Waals surface area contributed by atoms with E-state index in [0.717, 1.165) is 0 Å². The van der Waals surface area contributed by atoms with Crippen LogP contribution < -0.4 is 5.56 Å². The topological polar surface area (TPSA) is 80.9 Å². The summed E-state index contributed by atoms with van der Waals surface area (Å²) in [5, 5.41) is 13.1. The van der Waals surface area contributed by atoms with Crippen LogP contribution in [0.1, 0.15) is 37.4 Å². The molecule has 0 bridgehead atoms. The molecule has 0 aromatic carbocycles. The smallest absolute Gasteiger partial charge is 0.279 e. The minimum absolute atomic E-state index is 0.195. The zero-order valence-electron chi connectivity index (χ0n) is 9.78. The number of hydrogen-bond donors (Lipinski definition) is 1. The highest BCUT2D eigenvalue weighted by Gasteiger charge is 2.37. The van der Waals surface area contributed by atoms with Crippen LogP contribution in [0.3, 0.4) is 0 Å². The van der Waals surface area contributed by atoms with Gasteiger partial charge in [-0.05, 0) is 19.8 Å². The molecule has 8 heteroatoms. The molecular weight excluding hydrogens is 248 g/mol. The molecule has 1 aliphatic rings. The number of nitro groups is 1. The van der Waals surface area contributed by atoms with Crippen LogP contribution in [0.5, 0.6) is 0 Å². The van der Waals surface area contributed by atoms with Gasteiger partial charge in [-0.15, -0.1) is 0 Å². The molecule has 1 aromatic rings. The Hall–Kier alpha value is -1.73. The molecule has 18 heavy (non-hydrogen) atoms. The van der Waals surface area contributed by atoms with E-state index in [1.54, 1.807) is 0 Å². The fourth-order valence-corrected chi connectivity index (χ4v) is 2.39. The van der Waals surface area contributed by atoms with Crippen LogP contribution in [-0.4, -0.2) is 20.6 Å². The number of nitrogens with one attached hydrogen (secondary N) is 1. The summed E-state index contributed by atoms with van der Waals surface area (Å²) in [7, 11) is 0. The van der Waals surface area contributed by atoms with Crippen LogP contribution in [0.2, 0.25) is 0 Å². The predicted octanol–water partition coefficient (Wildman–Crippen LogP) is 2.14. The molecule has 0 amide bonds. The highest BCUT2D eigenvalue weighted by molar-refractivity contribution is 5.32. The monoisotopic (exact) mass is 261 g/mol. The lowest BCUT2D eigenvalue weighted by Crippen LogP contribution is -2.27. The summed E-state index contributed by atoms with van der Waals surface area (Å²) in [6.07, 6.45) is -0.110. The second-order valence-electron chi connectivity index (χ2n) is 4.59. The molecule has 1 heterocycles. The molecule has 6 nitrogen and oxygen atoms in total. The number of aromatic amines is 1. The van der Waals surface area contributed by atoms with Crippen molar-refractivity contribution in [3.8, 4) is 0 Å². The zero-order valence-corrected chi connectivity index (χ0v) is 9.78. The van der Waals surface area contributed by atoms with E-state index in [4.69, 9.17) is 0 Å². The molecule has 1 saturated carbocycles. The maximum absolute atomic E-state index is 13.0. The van der Waals surface area contributed by atoms with Crippen molar-refractivity contribution in [2.24, 2.45) is 0 Å². The Labute approximate surface area is 101 Å². The summed E-state index contributed by atoms with van der Waals surface area (Å²) in [6.45, 7) is 1.45.